The Hall–Kier alpha value is -3.30. The van der Waals surface area contributed by atoms with E-state index in [9.17, 15) is 18.0 Å². The lowest BCUT2D eigenvalue weighted by Gasteiger charge is -2.15. The second kappa shape index (κ2) is 8.60. The minimum Gasteiger partial charge on any atom is -0.423 e. The van der Waals surface area contributed by atoms with E-state index in [2.05, 4.69) is 10.5 Å². The average Bonchev–Trinajstić information content (AvgIpc) is 2.75. The number of para-hydroxylation sites is 1. The number of rotatable bonds is 6. The molecule has 0 saturated carbocycles. The highest BCUT2D eigenvalue weighted by molar-refractivity contribution is 7.89. The summed E-state index contributed by atoms with van der Waals surface area (Å²) in [6.45, 7) is 3.80. The van der Waals surface area contributed by atoms with Crippen LogP contribution in [0.2, 0.25) is 0 Å². The number of carbonyl (C=O) groups excluding carboxylic acids is 1. The summed E-state index contributed by atoms with van der Waals surface area (Å²) in [6.07, 6.45) is 0. The van der Waals surface area contributed by atoms with Gasteiger partial charge in [-0.15, -0.1) is 0 Å². The molecule has 9 heteroatoms. The highest BCUT2D eigenvalue weighted by Gasteiger charge is 2.19. The molecule has 1 aromatic heterocycles. The first-order valence-electron chi connectivity index (χ1n) is 9.18. The molecule has 1 amide bonds. The summed E-state index contributed by atoms with van der Waals surface area (Å²) in [6, 6.07) is 14.1. The molecule has 0 saturated heterocycles. The van der Waals surface area contributed by atoms with E-state index in [4.69, 9.17) is 4.42 Å². The maximum absolute atomic E-state index is 12.6. The van der Waals surface area contributed by atoms with Gasteiger partial charge in [-0.1, -0.05) is 37.3 Å². The Morgan fingerprint density at radius 1 is 1.13 bits per heavy atom. The summed E-state index contributed by atoms with van der Waals surface area (Å²) in [5.41, 5.74) is 3.38. The number of sulfonamides is 1. The maximum atomic E-state index is 12.6. The Balaban J connectivity index is 1.82. The molecule has 0 atom stereocenters. The summed E-state index contributed by atoms with van der Waals surface area (Å²) in [7, 11) is -2.02. The molecule has 0 bridgehead atoms. The number of hydrazone groups is 1. The molecule has 30 heavy (non-hydrogen) atoms. The number of carbonyl (C=O) groups is 1. The highest BCUT2D eigenvalue weighted by atomic mass is 32.2. The standard InChI is InChI=1S/C21H21N3O5S/c1-4-24(3)30(27,28)16-11-9-15(10-12-16)14(2)22-23-21(26)18-13-20(25)29-19-8-6-5-7-17(18)19/h5-13H,4H2,1-3H3,(H,23,26)/b22-14+. The predicted octanol–water partition coefficient (Wildman–Crippen LogP) is 2.59. The van der Waals surface area contributed by atoms with Crippen molar-refractivity contribution in [1.29, 1.82) is 0 Å². The molecule has 1 heterocycles. The van der Waals surface area contributed by atoms with Gasteiger partial charge in [-0.3, -0.25) is 4.79 Å². The lowest BCUT2D eigenvalue weighted by atomic mass is 10.1. The van der Waals surface area contributed by atoms with Gasteiger partial charge in [0.25, 0.3) is 5.91 Å². The number of amides is 1. The topological polar surface area (TPSA) is 109 Å². The van der Waals surface area contributed by atoms with Crippen molar-refractivity contribution in [2.45, 2.75) is 18.7 Å². The van der Waals surface area contributed by atoms with Crippen molar-refractivity contribution in [3.05, 3.63) is 76.1 Å². The van der Waals surface area contributed by atoms with Crippen LogP contribution >= 0.6 is 0 Å². The van der Waals surface area contributed by atoms with Crippen molar-refractivity contribution in [3.8, 4) is 0 Å². The molecule has 0 unspecified atom stereocenters. The third-order valence-electron chi connectivity index (χ3n) is 4.65. The summed E-state index contributed by atoms with van der Waals surface area (Å²) in [5.74, 6) is -0.554. The van der Waals surface area contributed by atoms with Crippen molar-refractivity contribution in [1.82, 2.24) is 9.73 Å². The van der Waals surface area contributed by atoms with E-state index in [-0.39, 0.29) is 10.5 Å². The minimum atomic E-state index is -3.53. The van der Waals surface area contributed by atoms with Gasteiger partial charge in [0, 0.05) is 25.0 Å². The van der Waals surface area contributed by atoms with E-state index in [1.807, 2.05) is 0 Å². The molecule has 0 radical (unpaired) electrons. The number of nitrogens with zero attached hydrogens (tertiary/aromatic N) is 2. The minimum absolute atomic E-state index is 0.155. The number of hydrogen-bond donors (Lipinski definition) is 1. The second-order valence-electron chi connectivity index (χ2n) is 6.56. The fourth-order valence-corrected chi connectivity index (χ4v) is 3.96. The van der Waals surface area contributed by atoms with Crippen LogP contribution in [0.25, 0.3) is 11.0 Å². The van der Waals surface area contributed by atoms with Crippen LogP contribution in [0, 0.1) is 0 Å². The molecule has 3 aromatic rings. The van der Waals surface area contributed by atoms with Crippen LogP contribution in [0.1, 0.15) is 29.8 Å². The van der Waals surface area contributed by atoms with Crippen molar-refractivity contribution < 1.29 is 17.6 Å². The fraction of sp³-hybridized carbons (Fsp3) is 0.190. The molecule has 0 aliphatic rings. The van der Waals surface area contributed by atoms with Crippen molar-refractivity contribution in [2.24, 2.45) is 5.10 Å². The van der Waals surface area contributed by atoms with Gasteiger partial charge in [0.05, 0.1) is 16.2 Å². The quantitative estimate of drug-likeness (QED) is 0.369. The molecule has 0 aliphatic heterocycles. The molecule has 2 aromatic carbocycles. The summed E-state index contributed by atoms with van der Waals surface area (Å²) >= 11 is 0. The predicted molar refractivity (Wildman–Crippen MR) is 114 cm³/mol. The van der Waals surface area contributed by atoms with Crippen molar-refractivity contribution >= 4 is 32.6 Å². The van der Waals surface area contributed by atoms with E-state index in [1.54, 1.807) is 50.2 Å². The zero-order valence-corrected chi connectivity index (χ0v) is 17.6. The molecular formula is C21H21N3O5S. The van der Waals surface area contributed by atoms with E-state index < -0.39 is 21.6 Å². The first-order valence-corrected chi connectivity index (χ1v) is 10.6. The fourth-order valence-electron chi connectivity index (χ4n) is 2.78. The zero-order chi connectivity index (χ0) is 21.9. The number of benzene rings is 2. The third kappa shape index (κ3) is 4.32. The first kappa shape index (κ1) is 21.4. The normalized spacial score (nSPS) is 12.3. The molecule has 0 aliphatic carbocycles. The van der Waals surface area contributed by atoms with Gasteiger partial charge in [-0.25, -0.2) is 22.9 Å². The summed E-state index contributed by atoms with van der Waals surface area (Å²) in [4.78, 5) is 24.4. The molecule has 0 spiro atoms. The van der Waals surface area contributed by atoms with Gasteiger partial charge in [0.1, 0.15) is 5.58 Å². The van der Waals surface area contributed by atoms with Gasteiger partial charge >= 0.3 is 5.63 Å². The van der Waals surface area contributed by atoms with E-state index in [1.165, 1.54) is 23.5 Å². The van der Waals surface area contributed by atoms with Crippen LogP contribution < -0.4 is 11.1 Å². The summed E-state index contributed by atoms with van der Waals surface area (Å²) < 4.78 is 31.1. The smallest absolute Gasteiger partial charge is 0.337 e. The number of fused-ring (bicyclic) bond motifs is 1. The van der Waals surface area contributed by atoms with Crippen LogP contribution in [-0.4, -0.2) is 37.9 Å². The SMILES string of the molecule is CCN(C)S(=O)(=O)c1ccc(/C(C)=N/NC(=O)c2cc(=O)oc3ccccc23)cc1. The molecule has 8 nitrogen and oxygen atoms in total. The number of nitrogens with one attached hydrogen (secondary N) is 1. The lowest BCUT2D eigenvalue weighted by Crippen LogP contribution is -2.26. The Morgan fingerprint density at radius 2 is 1.80 bits per heavy atom. The molecule has 0 fully saturated rings. The third-order valence-corrected chi connectivity index (χ3v) is 6.59. The van der Waals surface area contributed by atoms with Crippen LogP contribution in [0.4, 0.5) is 0 Å². The van der Waals surface area contributed by atoms with Crippen molar-refractivity contribution in [3.63, 3.8) is 0 Å². The Labute approximate surface area is 173 Å². The largest absolute Gasteiger partial charge is 0.423 e. The Morgan fingerprint density at radius 3 is 2.47 bits per heavy atom. The van der Waals surface area contributed by atoms with Crippen molar-refractivity contribution in [2.75, 3.05) is 13.6 Å². The molecule has 156 valence electrons. The average molecular weight is 427 g/mol. The first-order chi connectivity index (χ1) is 14.2. The molecule has 1 N–H and O–H groups in total. The molecule has 3 rings (SSSR count). The lowest BCUT2D eigenvalue weighted by molar-refractivity contribution is 0.0956. The van der Waals surface area contributed by atoms with Gasteiger partial charge in [-0.2, -0.15) is 5.10 Å². The van der Waals surface area contributed by atoms with Gasteiger partial charge < -0.3 is 4.42 Å². The van der Waals surface area contributed by atoms with Gasteiger partial charge in [0.15, 0.2) is 0 Å². The summed E-state index contributed by atoms with van der Waals surface area (Å²) in [5, 5.41) is 4.57. The Kier molecular flexibility index (Phi) is 6.14. The zero-order valence-electron chi connectivity index (χ0n) is 16.7. The van der Waals surface area contributed by atoms with Crippen LogP contribution in [-0.2, 0) is 10.0 Å². The van der Waals surface area contributed by atoms with Crippen LogP contribution in [0.3, 0.4) is 0 Å². The molecular weight excluding hydrogens is 406 g/mol. The van der Waals surface area contributed by atoms with Crippen LogP contribution in [0.15, 0.2) is 73.8 Å². The van der Waals surface area contributed by atoms with Gasteiger partial charge in [-0.05, 0) is 30.7 Å². The van der Waals surface area contributed by atoms with E-state index >= 15 is 0 Å². The van der Waals surface area contributed by atoms with E-state index in [0.717, 1.165) is 6.07 Å². The van der Waals surface area contributed by atoms with E-state index in [0.29, 0.717) is 28.8 Å². The monoisotopic (exact) mass is 427 g/mol. The highest BCUT2D eigenvalue weighted by Crippen LogP contribution is 2.17. The number of hydrogen-bond acceptors (Lipinski definition) is 6. The maximum Gasteiger partial charge on any atom is 0.337 e. The van der Waals surface area contributed by atoms with Gasteiger partial charge in [0.2, 0.25) is 10.0 Å². The second-order valence-corrected chi connectivity index (χ2v) is 8.60. The Bertz CT molecular complexity index is 1280. The van der Waals surface area contributed by atoms with Crippen LogP contribution in [0.5, 0.6) is 0 Å².